The minimum Gasteiger partial charge on any atom is -0.295 e. The van der Waals surface area contributed by atoms with Crippen molar-refractivity contribution in [2.45, 2.75) is 13.0 Å². The highest BCUT2D eigenvalue weighted by molar-refractivity contribution is 9.10. The minimum absolute atomic E-state index is 0.0893. The van der Waals surface area contributed by atoms with E-state index in [-0.39, 0.29) is 11.9 Å². The molecule has 1 unspecified atom stereocenters. The standard InChI is InChI=1S/C23H17BrN4O/c1-14-4-10-18(11-5-14)28-22(16-3-2-12-25-13-16)19-20(26-27-21(19)23(28)29)15-6-8-17(24)9-7-15/h2-13,22H,1H3,(H,26,27). The third-order valence-electron chi connectivity index (χ3n) is 5.20. The monoisotopic (exact) mass is 444 g/mol. The lowest BCUT2D eigenvalue weighted by molar-refractivity contribution is 0.0988. The van der Waals surface area contributed by atoms with Crippen LogP contribution in [0.1, 0.15) is 33.2 Å². The molecular weight excluding hydrogens is 428 g/mol. The molecule has 6 heteroatoms. The van der Waals surface area contributed by atoms with Crippen molar-refractivity contribution in [3.05, 3.63) is 99.9 Å². The molecule has 1 aliphatic heterocycles. The Morgan fingerprint density at radius 3 is 2.48 bits per heavy atom. The molecule has 0 saturated heterocycles. The van der Waals surface area contributed by atoms with Crippen molar-refractivity contribution < 1.29 is 4.79 Å². The van der Waals surface area contributed by atoms with Crippen LogP contribution in [0.5, 0.6) is 0 Å². The summed E-state index contributed by atoms with van der Waals surface area (Å²) in [7, 11) is 0. The molecule has 0 fully saturated rings. The highest BCUT2D eigenvalue weighted by atomic mass is 79.9. The van der Waals surface area contributed by atoms with E-state index in [0.717, 1.165) is 38.1 Å². The van der Waals surface area contributed by atoms with Gasteiger partial charge in [0.15, 0.2) is 0 Å². The Kier molecular flexibility index (Phi) is 4.28. The van der Waals surface area contributed by atoms with E-state index in [1.54, 1.807) is 6.20 Å². The number of hydrogen-bond donors (Lipinski definition) is 1. The van der Waals surface area contributed by atoms with Gasteiger partial charge in [0, 0.05) is 33.7 Å². The zero-order valence-corrected chi connectivity index (χ0v) is 17.2. The van der Waals surface area contributed by atoms with Gasteiger partial charge in [-0.25, -0.2) is 0 Å². The number of anilines is 1. The molecule has 1 atom stereocenters. The van der Waals surface area contributed by atoms with Gasteiger partial charge < -0.3 is 0 Å². The van der Waals surface area contributed by atoms with Crippen LogP contribution >= 0.6 is 15.9 Å². The summed E-state index contributed by atoms with van der Waals surface area (Å²) in [5.74, 6) is -0.0893. The number of halogens is 1. The highest BCUT2D eigenvalue weighted by Gasteiger charge is 2.43. The number of nitrogens with zero attached hydrogens (tertiary/aromatic N) is 3. The molecule has 4 aromatic rings. The number of rotatable bonds is 3. The molecule has 0 spiro atoms. The first kappa shape index (κ1) is 17.8. The molecule has 0 saturated carbocycles. The molecule has 29 heavy (non-hydrogen) atoms. The third kappa shape index (κ3) is 2.96. The highest BCUT2D eigenvalue weighted by Crippen LogP contribution is 2.44. The van der Waals surface area contributed by atoms with Crippen LogP contribution in [-0.4, -0.2) is 21.1 Å². The second kappa shape index (κ2) is 6.97. The molecule has 0 bridgehead atoms. The number of carbonyl (C=O) groups excluding carboxylic acids is 1. The summed E-state index contributed by atoms with van der Waals surface area (Å²) in [6, 6.07) is 19.5. The fraction of sp³-hybridized carbons (Fsp3) is 0.0870. The van der Waals surface area contributed by atoms with Gasteiger partial charge in [0.1, 0.15) is 5.69 Å². The van der Waals surface area contributed by atoms with E-state index in [9.17, 15) is 4.79 Å². The van der Waals surface area contributed by atoms with Gasteiger partial charge in [0.25, 0.3) is 5.91 Å². The average Bonchev–Trinajstić information content (AvgIpc) is 3.29. The molecule has 2 aromatic heterocycles. The summed E-state index contributed by atoms with van der Waals surface area (Å²) in [5, 5.41) is 7.48. The van der Waals surface area contributed by atoms with Crippen LogP contribution in [0.3, 0.4) is 0 Å². The first-order valence-corrected chi connectivity index (χ1v) is 10.1. The number of aryl methyl sites for hydroxylation is 1. The summed E-state index contributed by atoms with van der Waals surface area (Å²) < 4.78 is 0.995. The third-order valence-corrected chi connectivity index (χ3v) is 5.73. The van der Waals surface area contributed by atoms with E-state index in [1.807, 2.05) is 78.7 Å². The van der Waals surface area contributed by atoms with Crippen molar-refractivity contribution in [1.29, 1.82) is 0 Å². The molecule has 3 heterocycles. The maximum absolute atomic E-state index is 13.4. The molecule has 5 nitrogen and oxygen atoms in total. The zero-order valence-electron chi connectivity index (χ0n) is 15.6. The Labute approximate surface area is 176 Å². The molecule has 1 aliphatic rings. The summed E-state index contributed by atoms with van der Waals surface area (Å²) in [6.07, 6.45) is 3.55. The van der Waals surface area contributed by atoms with Gasteiger partial charge in [0.05, 0.1) is 11.7 Å². The maximum atomic E-state index is 13.4. The SMILES string of the molecule is Cc1ccc(N2C(=O)c3[nH]nc(-c4ccc(Br)cc4)c3C2c2cccnc2)cc1. The Morgan fingerprint density at radius 2 is 1.79 bits per heavy atom. The van der Waals surface area contributed by atoms with Crippen molar-refractivity contribution in [1.82, 2.24) is 15.2 Å². The van der Waals surface area contributed by atoms with Gasteiger partial charge in [-0.2, -0.15) is 5.10 Å². The predicted molar refractivity (Wildman–Crippen MR) is 116 cm³/mol. The summed E-state index contributed by atoms with van der Waals surface area (Å²) in [5.41, 5.74) is 6.08. The van der Waals surface area contributed by atoms with E-state index in [1.165, 1.54) is 0 Å². The van der Waals surface area contributed by atoms with Crippen LogP contribution in [0.25, 0.3) is 11.3 Å². The Hall–Kier alpha value is -3.25. The molecule has 0 aliphatic carbocycles. The first-order valence-electron chi connectivity index (χ1n) is 9.28. The second-order valence-corrected chi connectivity index (χ2v) is 7.98. The van der Waals surface area contributed by atoms with Crippen LogP contribution < -0.4 is 4.90 Å². The lowest BCUT2D eigenvalue weighted by atomic mass is 9.97. The van der Waals surface area contributed by atoms with E-state index in [4.69, 9.17) is 0 Å². The van der Waals surface area contributed by atoms with Gasteiger partial charge in [0.2, 0.25) is 0 Å². The van der Waals surface area contributed by atoms with Crippen molar-refractivity contribution in [2.24, 2.45) is 0 Å². The van der Waals surface area contributed by atoms with E-state index in [2.05, 4.69) is 31.1 Å². The number of aromatic amines is 1. The Bertz CT molecular complexity index is 1180. The fourth-order valence-electron chi connectivity index (χ4n) is 3.80. The summed E-state index contributed by atoms with van der Waals surface area (Å²) >= 11 is 3.48. The largest absolute Gasteiger partial charge is 0.295 e. The van der Waals surface area contributed by atoms with Crippen molar-refractivity contribution in [2.75, 3.05) is 4.90 Å². The van der Waals surface area contributed by atoms with Crippen LogP contribution in [-0.2, 0) is 0 Å². The quantitative estimate of drug-likeness (QED) is 0.466. The molecular formula is C23H17BrN4O. The first-order chi connectivity index (χ1) is 14.1. The lowest BCUT2D eigenvalue weighted by Gasteiger charge is -2.26. The molecule has 142 valence electrons. The Balaban J connectivity index is 1.71. The van der Waals surface area contributed by atoms with Crippen molar-refractivity contribution >= 4 is 27.5 Å². The number of H-pyrrole nitrogens is 1. The fourth-order valence-corrected chi connectivity index (χ4v) is 4.06. The van der Waals surface area contributed by atoms with Crippen molar-refractivity contribution in [3.8, 4) is 11.3 Å². The average molecular weight is 445 g/mol. The minimum atomic E-state index is -0.300. The van der Waals surface area contributed by atoms with Crippen molar-refractivity contribution in [3.63, 3.8) is 0 Å². The lowest BCUT2D eigenvalue weighted by Crippen LogP contribution is -2.29. The second-order valence-electron chi connectivity index (χ2n) is 7.07. The van der Waals surface area contributed by atoms with E-state index >= 15 is 0 Å². The molecule has 2 aromatic carbocycles. The van der Waals surface area contributed by atoms with Crippen LogP contribution in [0.4, 0.5) is 5.69 Å². The molecule has 0 radical (unpaired) electrons. The smallest absolute Gasteiger partial charge is 0.277 e. The molecule has 1 N–H and O–H groups in total. The number of amides is 1. The molecule has 1 amide bonds. The predicted octanol–water partition coefficient (Wildman–Crippen LogP) is 5.29. The number of carbonyl (C=O) groups is 1. The van der Waals surface area contributed by atoms with Crippen LogP contribution in [0.15, 0.2) is 77.5 Å². The number of benzene rings is 2. The van der Waals surface area contributed by atoms with E-state index < -0.39 is 0 Å². The number of nitrogens with one attached hydrogen (secondary N) is 1. The van der Waals surface area contributed by atoms with Gasteiger partial charge in [-0.15, -0.1) is 0 Å². The van der Waals surface area contributed by atoms with Gasteiger partial charge >= 0.3 is 0 Å². The topological polar surface area (TPSA) is 61.9 Å². The maximum Gasteiger partial charge on any atom is 0.277 e. The van der Waals surface area contributed by atoms with Gasteiger partial charge in [-0.3, -0.25) is 19.8 Å². The van der Waals surface area contributed by atoms with Gasteiger partial charge in [-0.1, -0.05) is 51.8 Å². The van der Waals surface area contributed by atoms with Crippen LogP contribution in [0, 0.1) is 6.92 Å². The summed E-state index contributed by atoms with van der Waals surface area (Å²) in [4.78, 5) is 19.5. The number of pyridine rings is 1. The zero-order chi connectivity index (χ0) is 20.0. The number of fused-ring (bicyclic) bond motifs is 1. The number of hydrogen-bond acceptors (Lipinski definition) is 3. The summed E-state index contributed by atoms with van der Waals surface area (Å²) in [6.45, 7) is 2.03. The molecule has 5 rings (SSSR count). The Morgan fingerprint density at radius 1 is 1.03 bits per heavy atom. The van der Waals surface area contributed by atoms with Gasteiger partial charge in [-0.05, 0) is 42.8 Å². The normalized spacial score (nSPS) is 15.6. The number of aromatic nitrogens is 3. The van der Waals surface area contributed by atoms with Crippen LogP contribution in [0.2, 0.25) is 0 Å². The van der Waals surface area contributed by atoms with E-state index in [0.29, 0.717) is 5.69 Å².